The molecule has 2 aliphatic heterocycles. The van der Waals surface area contributed by atoms with Gasteiger partial charge in [0.25, 0.3) is 5.92 Å². The van der Waals surface area contributed by atoms with E-state index in [2.05, 4.69) is 5.32 Å². The molecule has 2 fully saturated rings. The van der Waals surface area contributed by atoms with Crippen LogP contribution in [-0.2, 0) is 4.74 Å². The molecule has 0 radical (unpaired) electrons. The summed E-state index contributed by atoms with van der Waals surface area (Å²) in [5.41, 5.74) is -0.593. The molecule has 0 aromatic rings. The molecule has 98 valence electrons. The van der Waals surface area contributed by atoms with Gasteiger partial charge in [0.1, 0.15) is 5.60 Å². The Morgan fingerprint density at radius 2 is 2.06 bits per heavy atom. The number of fused-ring (bicyclic) bond motifs is 1. The molecule has 0 saturated carbocycles. The van der Waals surface area contributed by atoms with E-state index in [0.29, 0.717) is 6.54 Å². The van der Waals surface area contributed by atoms with Gasteiger partial charge in [0, 0.05) is 19.1 Å². The fraction of sp³-hybridized carbons (Fsp3) is 0.909. The molecule has 0 spiro atoms. The maximum Gasteiger partial charge on any atom is 0.410 e. The van der Waals surface area contributed by atoms with Gasteiger partial charge in [0.2, 0.25) is 0 Å². The third-order valence-corrected chi connectivity index (χ3v) is 3.11. The van der Waals surface area contributed by atoms with Gasteiger partial charge in [-0.25, -0.2) is 13.6 Å². The monoisotopic (exact) mass is 248 g/mol. The highest BCUT2D eigenvalue weighted by Crippen LogP contribution is 2.37. The maximum absolute atomic E-state index is 13.4. The van der Waals surface area contributed by atoms with Gasteiger partial charge in [-0.1, -0.05) is 0 Å². The van der Waals surface area contributed by atoms with Crippen LogP contribution in [-0.4, -0.2) is 48.2 Å². The Hall–Kier alpha value is -0.910. The molecule has 0 bridgehead atoms. The molecule has 2 saturated heterocycles. The number of likely N-dealkylation sites (tertiary alicyclic amines) is 1. The number of hydrogen-bond donors (Lipinski definition) is 1. The Balaban J connectivity index is 1.97. The minimum Gasteiger partial charge on any atom is -0.444 e. The van der Waals surface area contributed by atoms with Crippen LogP contribution in [0.15, 0.2) is 0 Å². The normalized spacial score (nSPS) is 31.5. The van der Waals surface area contributed by atoms with Crippen molar-refractivity contribution in [3.63, 3.8) is 0 Å². The summed E-state index contributed by atoms with van der Waals surface area (Å²) in [5, 5.41) is 2.76. The quantitative estimate of drug-likeness (QED) is 0.705. The topological polar surface area (TPSA) is 41.6 Å². The van der Waals surface area contributed by atoms with Crippen LogP contribution < -0.4 is 5.32 Å². The molecule has 1 N–H and O–H groups in total. The van der Waals surface area contributed by atoms with Crippen LogP contribution in [0, 0.1) is 5.92 Å². The second-order valence-electron chi connectivity index (χ2n) is 5.74. The van der Waals surface area contributed by atoms with Crippen LogP contribution in [0.3, 0.4) is 0 Å². The highest BCUT2D eigenvalue weighted by molar-refractivity contribution is 5.68. The highest BCUT2D eigenvalue weighted by Gasteiger charge is 2.55. The summed E-state index contributed by atoms with van der Waals surface area (Å²) in [5.74, 6) is -3.50. The van der Waals surface area contributed by atoms with Crippen molar-refractivity contribution < 1.29 is 18.3 Å². The van der Waals surface area contributed by atoms with Gasteiger partial charge < -0.3 is 15.0 Å². The summed E-state index contributed by atoms with van der Waals surface area (Å²) in [6.45, 7) is 5.36. The van der Waals surface area contributed by atoms with Crippen LogP contribution in [0.1, 0.15) is 20.8 Å². The van der Waals surface area contributed by atoms with Crippen LogP contribution in [0.5, 0.6) is 0 Å². The van der Waals surface area contributed by atoms with Crippen molar-refractivity contribution in [1.82, 2.24) is 10.2 Å². The van der Waals surface area contributed by atoms with Gasteiger partial charge >= 0.3 is 6.09 Å². The van der Waals surface area contributed by atoms with Gasteiger partial charge in [-0.2, -0.15) is 0 Å². The number of hydrogen-bond acceptors (Lipinski definition) is 3. The number of carbonyl (C=O) groups excluding carboxylic acids is 1. The van der Waals surface area contributed by atoms with E-state index in [1.807, 2.05) is 0 Å². The number of ether oxygens (including phenoxy) is 1. The lowest BCUT2D eigenvalue weighted by atomic mass is 10.0. The zero-order chi connectivity index (χ0) is 12.8. The second kappa shape index (κ2) is 3.80. The van der Waals surface area contributed by atoms with Crippen molar-refractivity contribution in [3.05, 3.63) is 0 Å². The van der Waals surface area contributed by atoms with Gasteiger partial charge in [-0.15, -0.1) is 0 Å². The Morgan fingerprint density at radius 1 is 1.41 bits per heavy atom. The van der Waals surface area contributed by atoms with E-state index in [1.54, 1.807) is 20.8 Å². The summed E-state index contributed by atoms with van der Waals surface area (Å²) in [4.78, 5) is 13.1. The molecule has 2 aliphatic rings. The number of amides is 1. The van der Waals surface area contributed by atoms with Gasteiger partial charge in [-0.05, 0) is 20.8 Å². The molecule has 1 amide bonds. The predicted molar refractivity (Wildman–Crippen MR) is 58.0 cm³/mol. The van der Waals surface area contributed by atoms with E-state index in [1.165, 1.54) is 4.90 Å². The largest absolute Gasteiger partial charge is 0.444 e. The summed E-state index contributed by atoms with van der Waals surface area (Å²) in [7, 11) is 0. The number of halogens is 2. The Bertz CT molecular complexity index is 328. The summed E-state index contributed by atoms with van der Waals surface area (Å²) in [6, 6.07) is -0.308. The molecule has 6 heteroatoms. The molecule has 2 rings (SSSR count). The predicted octanol–water partition coefficient (Wildman–Crippen LogP) is 1.46. The standard InChI is InChI=1S/C11H18F2N2O2/c1-10(2,3)17-9(16)15-4-7-8(5-15)14-6-11(7,12)13/h7-8,14H,4-6H2,1-3H3/t7-,8+/m1/s1. The zero-order valence-electron chi connectivity index (χ0n) is 10.3. The number of rotatable bonds is 0. The molecular formula is C11H18F2N2O2. The molecule has 0 aromatic heterocycles. The highest BCUT2D eigenvalue weighted by atomic mass is 19.3. The first-order valence-electron chi connectivity index (χ1n) is 5.78. The SMILES string of the molecule is CC(C)(C)OC(=O)N1C[C@@H]2NCC(F)(F)[C@@H]2C1. The molecule has 2 atom stereocenters. The van der Waals surface area contributed by atoms with E-state index in [9.17, 15) is 13.6 Å². The Labute approximate surface area is 99.3 Å². The molecular weight excluding hydrogens is 230 g/mol. The summed E-state index contributed by atoms with van der Waals surface area (Å²) in [6.07, 6.45) is -0.510. The van der Waals surface area contributed by atoms with Crippen molar-refractivity contribution in [1.29, 1.82) is 0 Å². The second-order valence-corrected chi connectivity index (χ2v) is 5.74. The van der Waals surface area contributed by atoms with Crippen molar-refractivity contribution in [3.8, 4) is 0 Å². The van der Waals surface area contributed by atoms with Gasteiger partial charge in [-0.3, -0.25) is 0 Å². The number of carbonyl (C=O) groups is 1. The molecule has 2 heterocycles. The van der Waals surface area contributed by atoms with Crippen molar-refractivity contribution in [2.45, 2.75) is 38.3 Å². The lowest BCUT2D eigenvalue weighted by Crippen LogP contribution is -2.39. The Morgan fingerprint density at radius 3 is 2.59 bits per heavy atom. The first-order chi connectivity index (χ1) is 7.69. The first kappa shape index (κ1) is 12.5. The number of nitrogens with one attached hydrogen (secondary N) is 1. The summed E-state index contributed by atoms with van der Waals surface area (Å²) >= 11 is 0. The minimum atomic E-state index is -2.72. The van der Waals surface area contributed by atoms with E-state index < -0.39 is 23.5 Å². The fourth-order valence-electron chi connectivity index (χ4n) is 2.31. The number of nitrogens with zero attached hydrogens (tertiary/aromatic N) is 1. The van der Waals surface area contributed by atoms with Crippen molar-refractivity contribution >= 4 is 6.09 Å². The molecule has 0 unspecified atom stereocenters. The lowest BCUT2D eigenvalue weighted by Gasteiger charge is -2.25. The van der Waals surface area contributed by atoms with E-state index in [4.69, 9.17) is 4.74 Å². The third-order valence-electron chi connectivity index (χ3n) is 3.11. The minimum absolute atomic E-state index is 0.0690. The fourth-order valence-corrected chi connectivity index (χ4v) is 2.31. The maximum atomic E-state index is 13.4. The van der Waals surface area contributed by atoms with Gasteiger partial charge in [0.05, 0.1) is 12.5 Å². The smallest absolute Gasteiger partial charge is 0.410 e. The van der Waals surface area contributed by atoms with Crippen molar-refractivity contribution in [2.24, 2.45) is 5.92 Å². The van der Waals surface area contributed by atoms with E-state index >= 15 is 0 Å². The Kier molecular flexibility index (Phi) is 2.80. The molecule has 4 nitrogen and oxygen atoms in total. The van der Waals surface area contributed by atoms with Gasteiger partial charge in [0.15, 0.2) is 0 Å². The van der Waals surface area contributed by atoms with Crippen LogP contribution >= 0.6 is 0 Å². The summed E-state index contributed by atoms with van der Waals surface area (Å²) < 4.78 is 32.0. The van der Waals surface area contributed by atoms with Crippen LogP contribution in [0.4, 0.5) is 13.6 Å². The third kappa shape index (κ3) is 2.51. The molecule has 0 aromatic carbocycles. The van der Waals surface area contributed by atoms with Crippen LogP contribution in [0.25, 0.3) is 0 Å². The lowest BCUT2D eigenvalue weighted by molar-refractivity contribution is -0.0262. The zero-order valence-corrected chi connectivity index (χ0v) is 10.3. The average molecular weight is 248 g/mol. The molecule has 0 aliphatic carbocycles. The molecule has 17 heavy (non-hydrogen) atoms. The van der Waals surface area contributed by atoms with Crippen molar-refractivity contribution in [2.75, 3.05) is 19.6 Å². The number of alkyl halides is 2. The average Bonchev–Trinajstić information content (AvgIpc) is 2.65. The van der Waals surface area contributed by atoms with Crippen LogP contribution in [0.2, 0.25) is 0 Å². The first-order valence-corrected chi connectivity index (χ1v) is 5.78. The van der Waals surface area contributed by atoms with E-state index in [-0.39, 0.29) is 19.1 Å². The van der Waals surface area contributed by atoms with E-state index in [0.717, 1.165) is 0 Å².